The maximum Gasteiger partial charge on any atom is 0.174 e. The number of aryl methyl sites for hydroxylation is 1. The summed E-state index contributed by atoms with van der Waals surface area (Å²) in [4.78, 5) is 6.79. The fourth-order valence-corrected chi connectivity index (χ4v) is 5.54. The Kier molecular flexibility index (Phi) is 6.60. The maximum absolute atomic E-state index is 6.34. The summed E-state index contributed by atoms with van der Waals surface area (Å²) >= 11 is 12.3. The van der Waals surface area contributed by atoms with E-state index in [1.807, 2.05) is 54.6 Å². The molecule has 6 nitrogen and oxygen atoms in total. The Morgan fingerprint density at radius 2 is 1.81 bits per heavy atom. The van der Waals surface area contributed by atoms with Crippen LogP contribution in [0.25, 0.3) is 5.69 Å². The smallest absolute Gasteiger partial charge is 0.174 e. The molecule has 4 aromatic rings. The number of aromatic nitrogens is 2. The number of nitrogens with zero attached hydrogens (tertiary/aromatic N) is 3. The Morgan fingerprint density at radius 3 is 2.50 bits per heavy atom. The van der Waals surface area contributed by atoms with Gasteiger partial charge >= 0.3 is 0 Å². The predicted octanol–water partition coefficient (Wildman–Crippen LogP) is 6.34. The van der Waals surface area contributed by atoms with Crippen molar-refractivity contribution in [2.75, 3.05) is 19.1 Å². The average molecular weight is 519 g/mol. The van der Waals surface area contributed by atoms with E-state index in [1.54, 1.807) is 20.4 Å². The summed E-state index contributed by atoms with van der Waals surface area (Å²) in [7, 11) is 3.31. The largest absolute Gasteiger partial charge is 0.497 e. The van der Waals surface area contributed by atoms with Gasteiger partial charge in [-0.2, -0.15) is 0 Å². The molecule has 3 heterocycles. The highest BCUT2D eigenvalue weighted by molar-refractivity contribution is 7.80. The molecule has 184 valence electrons. The summed E-state index contributed by atoms with van der Waals surface area (Å²) in [5.41, 5.74) is 6.06. The highest BCUT2D eigenvalue weighted by Gasteiger charge is 2.43. The Labute approximate surface area is 221 Å². The standard InChI is InChI=1S/C28H27ClN4O2S/c1-17-14-22(18(2)32(17)20-9-7-8-19(29)15-20)27-26(23-10-5-6-13-30-23)31-28(36)33(27)24-16-21(34-3)11-12-25(24)35-4/h5-16,26-27H,1-4H3,(H,31,36)/t26-,27-/m1/s1. The maximum atomic E-state index is 6.34. The van der Waals surface area contributed by atoms with Gasteiger partial charge in [0.15, 0.2) is 5.11 Å². The fraction of sp³-hybridized carbons (Fsp3) is 0.214. The molecule has 1 fully saturated rings. The van der Waals surface area contributed by atoms with Crippen molar-refractivity contribution < 1.29 is 9.47 Å². The highest BCUT2D eigenvalue weighted by Crippen LogP contribution is 2.47. The molecule has 36 heavy (non-hydrogen) atoms. The third-order valence-corrected chi connectivity index (χ3v) is 7.15. The lowest BCUT2D eigenvalue weighted by atomic mass is 9.96. The summed E-state index contributed by atoms with van der Waals surface area (Å²) in [5, 5.41) is 4.82. The number of hydrogen-bond acceptors (Lipinski definition) is 4. The molecule has 2 atom stereocenters. The topological polar surface area (TPSA) is 51.6 Å². The van der Waals surface area contributed by atoms with E-state index >= 15 is 0 Å². The second-order valence-electron chi connectivity index (χ2n) is 8.68. The average Bonchev–Trinajstić information content (AvgIpc) is 3.38. The number of anilines is 1. The Balaban J connectivity index is 1.72. The molecular formula is C28H27ClN4O2S. The van der Waals surface area contributed by atoms with Crippen LogP contribution in [0.5, 0.6) is 11.5 Å². The first-order valence-electron chi connectivity index (χ1n) is 11.6. The molecule has 1 saturated heterocycles. The first-order valence-corrected chi connectivity index (χ1v) is 12.4. The molecule has 1 N–H and O–H groups in total. The molecule has 8 heteroatoms. The molecule has 0 amide bonds. The van der Waals surface area contributed by atoms with Crippen molar-refractivity contribution in [2.24, 2.45) is 0 Å². The van der Waals surface area contributed by atoms with Crippen LogP contribution < -0.4 is 19.7 Å². The molecule has 0 radical (unpaired) electrons. The predicted molar refractivity (Wildman–Crippen MR) is 148 cm³/mol. The van der Waals surface area contributed by atoms with Gasteiger partial charge in [-0.1, -0.05) is 23.7 Å². The first-order chi connectivity index (χ1) is 17.4. The molecular weight excluding hydrogens is 492 g/mol. The van der Waals surface area contributed by atoms with Gasteiger partial charge in [-0.05, 0) is 80.2 Å². The van der Waals surface area contributed by atoms with Gasteiger partial charge in [0.1, 0.15) is 11.5 Å². The van der Waals surface area contributed by atoms with Gasteiger partial charge in [-0.3, -0.25) is 4.98 Å². The summed E-state index contributed by atoms with van der Waals surface area (Å²) in [6.07, 6.45) is 1.81. The van der Waals surface area contributed by atoms with Gasteiger partial charge in [0.2, 0.25) is 0 Å². The number of nitrogens with one attached hydrogen (secondary N) is 1. The van der Waals surface area contributed by atoms with E-state index in [0.717, 1.165) is 39.8 Å². The first kappa shape index (κ1) is 24.2. The third kappa shape index (κ3) is 4.18. The summed E-state index contributed by atoms with van der Waals surface area (Å²) in [5.74, 6) is 1.42. The van der Waals surface area contributed by atoms with Gasteiger partial charge in [0, 0.05) is 34.4 Å². The van der Waals surface area contributed by atoms with Gasteiger partial charge in [-0.25, -0.2) is 0 Å². The molecule has 1 aliphatic rings. The van der Waals surface area contributed by atoms with Crippen LogP contribution in [0.15, 0.2) is 72.9 Å². The van der Waals surface area contributed by atoms with E-state index in [4.69, 9.17) is 33.3 Å². The van der Waals surface area contributed by atoms with E-state index in [1.165, 1.54) is 0 Å². The number of hydrogen-bond donors (Lipinski definition) is 1. The van der Waals surface area contributed by atoms with Crippen molar-refractivity contribution in [1.29, 1.82) is 0 Å². The van der Waals surface area contributed by atoms with Gasteiger partial charge in [0.05, 0.1) is 37.7 Å². The number of benzene rings is 2. The Bertz CT molecular complexity index is 1420. The Hall–Kier alpha value is -3.55. The van der Waals surface area contributed by atoms with Crippen LogP contribution in [0.4, 0.5) is 5.69 Å². The Morgan fingerprint density at radius 1 is 0.972 bits per heavy atom. The van der Waals surface area contributed by atoms with E-state index in [0.29, 0.717) is 15.9 Å². The molecule has 0 spiro atoms. The van der Waals surface area contributed by atoms with Gasteiger partial charge in [0.25, 0.3) is 0 Å². The summed E-state index contributed by atoms with van der Waals surface area (Å²) in [6, 6.07) is 21.4. The van der Waals surface area contributed by atoms with Crippen LogP contribution in [0.1, 0.15) is 34.7 Å². The highest BCUT2D eigenvalue weighted by atomic mass is 35.5. The van der Waals surface area contributed by atoms with Crippen molar-refractivity contribution in [3.63, 3.8) is 0 Å². The van der Waals surface area contributed by atoms with Crippen LogP contribution >= 0.6 is 23.8 Å². The monoisotopic (exact) mass is 518 g/mol. The molecule has 1 aliphatic heterocycles. The molecule has 0 aliphatic carbocycles. The lowest BCUT2D eigenvalue weighted by Gasteiger charge is -2.29. The van der Waals surface area contributed by atoms with Crippen LogP contribution in [0.3, 0.4) is 0 Å². The van der Waals surface area contributed by atoms with Crippen molar-refractivity contribution in [3.05, 3.63) is 101 Å². The fourth-order valence-electron chi connectivity index (χ4n) is 5.02. The van der Waals surface area contributed by atoms with Crippen LogP contribution in [-0.4, -0.2) is 28.9 Å². The van der Waals surface area contributed by atoms with Crippen LogP contribution in [0, 0.1) is 13.8 Å². The van der Waals surface area contributed by atoms with E-state index in [9.17, 15) is 0 Å². The minimum Gasteiger partial charge on any atom is -0.497 e. The minimum atomic E-state index is -0.187. The normalized spacial score (nSPS) is 17.2. The van der Waals surface area contributed by atoms with Crippen molar-refractivity contribution in [3.8, 4) is 17.2 Å². The van der Waals surface area contributed by atoms with Crippen LogP contribution in [0.2, 0.25) is 5.02 Å². The van der Waals surface area contributed by atoms with E-state index in [2.05, 4.69) is 45.7 Å². The molecule has 2 aromatic carbocycles. The van der Waals surface area contributed by atoms with Crippen LogP contribution in [-0.2, 0) is 0 Å². The molecule has 0 bridgehead atoms. The molecule has 0 unspecified atom stereocenters. The quantitative estimate of drug-likeness (QED) is 0.301. The minimum absolute atomic E-state index is 0.178. The summed E-state index contributed by atoms with van der Waals surface area (Å²) in [6.45, 7) is 4.23. The SMILES string of the molecule is COc1ccc(OC)c(N2C(=S)N[C@H](c3ccccn3)[C@H]2c2cc(C)n(-c3cccc(Cl)c3)c2C)c1. The lowest BCUT2D eigenvalue weighted by Crippen LogP contribution is -2.30. The number of methoxy groups -OCH3 is 2. The number of rotatable bonds is 6. The molecule has 5 rings (SSSR count). The third-order valence-electron chi connectivity index (χ3n) is 6.60. The number of thiocarbonyl (C=S) groups is 1. The summed E-state index contributed by atoms with van der Waals surface area (Å²) < 4.78 is 13.5. The molecule has 0 saturated carbocycles. The number of halogens is 1. The van der Waals surface area contributed by atoms with Crippen molar-refractivity contribution >= 4 is 34.6 Å². The van der Waals surface area contributed by atoms with E-state index < -0.39 is 0 Å². The zero-order valence-electron chi connectivity index (χ0n) is 20.5. The van der Waals surface area contributed by atoms with Gasteiger partial charge in [-0.15, -0.1) is 0 Å². The second kappa shape index (κ2) is 9.84. The molecule has 2 aromatic heterocycles. The number of pyridine rings is 1. The van der Waals surface area contributed by atoms with E-state index in [-0.39, 0.29) is 12.1 Å². The lowest BCUT2D eigenvalue weighted by molar-refractivity contribution is 0.403. The zero-order chi connectivity index (χ0) is 25.4. The van der Waals surface area contributed by atoms with Crippen molar-refractivity contribution in [2.45, 2.75) is 25.9 Å². The number of ether oxygens (including phenoxy) is 2. The van der Waals surface area contributed by atoms with Gasteiger partial charge < -0.3 is 24.3 Å². The van der Waals surface area contributed by atoms with Crippen molar-refractivity contribution in [1.82, 2.24) is 14.9 Å². The zero-order valence-corrected chi connectivity index (χ0v) is 22.1. The second-order valence-corrected chi connectivity index (χ2v) is 9.50.